The molecule has 1 aliphatic heterocycles. The van der Waals surface area contributed by atoms with Gasteiger partial charge in [-0.1, -0.05) is 0 Å². The van der Waals surface area contributed by atoms with Crippen LogP contribution in [-0.4, -0.2) is 47.2 Å². The maximum atomic E-state index is 10.6. The van der Waals surface area contributed by atoms with Crippen molar-refractivity contribution in [1.29, 1.82) is 0 Å². The van der Waals surface area contributed by atoms with Gasteiger partial charge in [-0.15, -0.1) is 0 Å². The van der Waals surface area contributed by atoms with Crippen molar-refractivity contribution >= 4 is 5.97 Å². The molecule has 0 spiro atoms. The van der Waals surface area contributed by atoms with E-state index in [0.29, 0.717) is 0 Å². The minimum atomic E-state index is -0.724. The first-order valence-corrected chi connectivity index (χ1v) is 5.10. The van der Waals surface area contributed by atoms with Gasteiger partial charge in [0.15, 0.2) is 0 Å². The molecule has 0 aromatic rings. The van der Waals surface area contributed by atoms with Gasteiger partial charge in [0.05, 0.1) is 6.42 Å². The summed E-state index contributed by atoms with van der Waals surface area (Å²) >= 11 is 0. The van der Waals surface area contributed by atoms with Crippen LogP contribution in [0.4, 0.5) is 0 Å². The lowest BCUT2D eigenvalue weighted by Gasteiger charge is -2.41. The summed E-state index contributed by atoms with van der Waals surface area (Å²) in [5.41, 5.74) is 0.138. The standard InChI is InChI=1S/C10H20N2O2/c1-10(2,3)12-5-4-11-8(7-12)6-9(13)14/h8,11H,4-7H2,1-3H3,(H,13,14). The van der Waals surface area contributed by atoms with Crippen molar-refractivity contribution in [3.63, 3.8) is 0 Å². The smallest absolute Gasteiger partial charge is 0.304 e. The number of carbonyl (C=O) groups is 1. The summed E-state index contributed by atoms with van der Waals surface area (Å²) in [5.74, 6) is -0.724. The summed E-state index contributed by atoms with van der Waals surface area (Å²) < 4.78 is 0. The highest BCUT2D eigenvalue weighted by Crippen LogP contribution is 2.16. The third-order valence-corrected chi connectivity index (χ3v) is 2.63. The van der Waals surface area contributed by atoms with Crippen molar-refractivity contribution in [3.05, 3.63) is 0 Å². The summed E-state index contributed by atoms with van der Waals surface area (Å²) in [6.45, 7) is 9.20. The molecule has 0 radical (unpaired) electrons. The van der Waals surface area contributed by atoms with Crippen molar-refractivity contribution in [2.45, 2.75) is 38.8 Å². The Kier molecular flexibility index (Phi) is 3.50. The molecule has 1 unspecified atom stereocenters. The predicted molar refractivity (Wildman–Crippen MR) is 55.4 cm³/mol. The predicted octanol–water partition coefficient (Wildman–Crippen LogP) is 0.533. The molecule has 4 heteroatoms. The topological polar surface area (TPSA) is 52.6 Å². The number of nitrogens with zero attached hydrogens (tertiary/aromatic N) is 1. The molecule has 0 bridgehead atoms. The molecule has 1 atom stereocenters. The fourth-order valence-corrected chi connectivity index (χ4v) is 1.78. The van der Waals surface area contributed by atoms with E-state index < -0.39 is 5.97 Å². The van der Waals surface area contributed by atoms with Gasteiger partial charge >= 0.3 is 5.97 Å². The fourth-order valence-electron chi connectivity index (χ4n) is 1.78. The molecular formula is C10H20N2O2. The van der Waals surface area contributed by atoms with E-state index in [9.17, 15) is 4.79 Å². The molecule has 1 heterocycles. The summed E-state index contributed by atoms with van der Waals surface area (Å²) in [6, 6.07) is 0.0977. The number of nitrogens with one attached hydrogen (secondary N) is 1. The lowest BCUT2D eigenvalue weighted by Crippen LogP contribution is -2.57. The first-order valence-electron chi connectivity index (χ1n) is 5.10. The van der Waals surface area contributed by atoms with Crippen molar-refractivity contribution in [2.24, 2.45) is 0 Å². The number of aliphatic carboxylic acids is 1. The highest BCUT2D eigenvalue weighted by Gasteiger charge is 2.28. The second-order valence-electron chi connectivity index (χ2n) is 4.87. The van der Waals surface area contributed by atoms with Gasteiger partial charge in [0.2, 0.25) is 0 Å². The van der Waals surface area contributed by atoms with Crippen molar-refractivity contribution in [2.75, 3.05) is 19.6 Å². The monoisotopic (exact) mass is 200 g/mol. The zero-order valence-electron chi connectivity index (χ0n) is 9.21. The lowest BCUT2D eigenvalue weighted by atomic mass is 10.0. The maximum Gasteiger partial charge on any atom is 0.304 e. The van der Waals surface area contributed by atoms with E-state index in [-0.39, 0.29) is 18.0 Å². The zero-order chi connectivity index (χ0) is 10.8. The Bertz CT molecular complexity index is 211. The Hall–Kier alpha value is -0.610. The summed E-state index contributed by atoms with van der Waals surface area (Å²) in [7, 11) is 0. The van der Waals surface area contributed by atoms with E-state index in [1.807, 2.05) is 0 Å². The largest absolute Gasteiger partial charge is 0.481 e. The van der Waals surface area contributed by atoms with Crippen LogP contribution in [0.15, 0.2) is 0 Å². The molecule has 1 fully saturated rings. The van der Waals surface area contributed by atoms with E-state index >= 15 is 0 Å². The van der Waals surface area contributed by atoms with Crippen LogP contribution in [0.25, 0.3) is 0 Å². The highest BCUT2D eigenvalue weighted by molar-refractivity contribution is 5.67. The number of piperazine rings is 1. The minimum Gasteiger partial charge on any atom is -0.481 e. The second kappa shape index (κ2) is 4.28. The van der Waals surface area contributed by atoms with Gasteiger partial charge in [-0.05, 0) is 20.8 Å². The minimum absolute atomic E-state index is 0.0977. The van der Waals surface area contributed by atoms with Crippen LogP contribution in [-0.2, 0) is 4.79 Å². The van der Waals surface area contributed by atoms with Crippen LogP contribution in [0.5, 0.6) is 0 Å². The van der Waals surface area contributed by atoms with Gasteiger partial charge in [0.25, 0.3) is 0 Å². The molecule has 1 saturated heterocycles. The van der Waals surface area contributed by atoms with Gasteiger partial charge in [-0.25, -0.2) is 0 Å². The molecule has 4 nitrogen and oxygen atoms in total. The highest BCUT2D eigenvalue weighted by atomic mass is 16.4. The number of carboxylic acid groups (broad SMARTS) is 1. The van der Waals surface area contributed by atoms with Gasteiger partial charge in [0.1, 0.15) is 0 Å². The maximum absolute atomic E-state index is 10.6. The van der Waals surface area contributed by atoms with E-state index in [4.69, 9.17) is 5.11 Å². The number of carboxylic acids is 1. The molecule has 0 aromatic heterocycles. The Morgan fingerprint density at radius 1 is 1.57 bits per heavy atom. The Morgan fingerprint density at radius 3 is 2.71 bits per heavy atom. The molecule has 0 saturated carbocycles. The van der Waals surface area contributed by atoms with Gasteiger partial charge < -0.3 is 10.4 Å². The Morgan fingerprint density at radius 2 is 2.21 bits per heavy atom. The van der Waals surface area contributed by atoms with Gasteiger partial charge in [-0.2, -0.15) is 0 Å². The van der Waals surface area contributed by atoms with Crippen molar-refractivity contribution < 1.29 is 9.90 Å². The summed E-state index contributed by atoms with van der Waals surface area (Å²) in [5, 5.41) is 11.9. The van der Waals surface area contributed by atoms with Crippen molar-refractivity contribution in [1.82, 2.24) is 10.2 Å². The quantitative estimate of drug-likeness (QED) is 0.683. The Balaban J connectivity index is 2.48. The second-order valence-corrected chi connectivity index (χ2v) is 4.87. The van der Waals surface area contributed by atoms with Gasteiger partial charge in [0, 0.05) is 31.2 Å². The number of hydrogen-bond acceptors (Lipinski definition) is 3. The average molecular weight is 200 g/mol. The third-order valence-electron chi connectivity index (χ3n) is 2.63. The van der Waals surface area contributed by atoms with Gasteiger partial charge in [-0.3, -0.25) is 9.69 Å². The molecular weight excluding hydrogens is 180 g/mol. The molecule has 0 aliphatic carbocycles. The molecule has 1 rings (SSSR count). The molecule has 14 heavy (non-hydrogen) atoms. The van der Waals surface area contributed by atoms with Crippen LogP contribution in [0.3, 0.4) is 0 Å². The molecule has 0 aromatic carbocycles. The zero-order valence-corrected chi connectivity index (χ0v) is 9.21. The summed E-state index contributed by atoms with van der Waals surface area (Å²) in [4.78, 5) is 12.9. The summed E-state index contributed by atoms with van der Waals surface area (Å²) in [6.07, 6.45) is 0.215. The number of rotatable bonds is 2. The van der Waals surface area contributed by atoms with E-state index in [0.717, 1.165) is 19.6 Å². The van der Waals surface area contributed by atoms with Crippen LogP contribution >= 0.6 is 0 Å². The molecule has 0 amide bonds. The van der Waals surface area contributed by atoms with Crippen LogP contribution in [0, 0.1) is 0 Å². The first kappa shape index (κ1) is 11.5. The molecule has 2 N–H and O–H groups in total. The van der Waals surface area contributed by atoms with Crippen LogP contribution < -0.4 is 5.32 Å². The van der Waals surface area contributed by atoms with Crippen LogP contribution in [0.2, 0.25) is 0 Å². The Labute approximate surface area is 85.3 Å². The fraction of sp³-hybridized carbons (Fsp3) is 0.900. The third kappa shape index (κ3) is 3.27. The number of hydrogen-bond donors (Lipinski definition) is 2. The van der Waals surface area contributed by atoms with Crippen LogP contribution in [0.1, 0.15) is 27.2 Å². The SMILES string of the molecule is CC(C)(C)N1CCNC(CC(=O)O)C1. The van der Waals surface area contributed by atoms with E-state index in [2.05, 4.69) is 31.0 Å². The first-order chi connectivity index (χ1) is 6.39. The average Bonchev–Trinajstić information content (AvgIpc) is 2.01. The molecule has 82 valence electrons. The normalized spacial score (nSPS) is 24.9. The lowest BCUT2D eigenvalue weighted by molar-refractivity contribution is -0.138. The van der Waals surface area contributed by atoms with E-state index in [1.165, 1.54) is 0 Å². The molecule has 1 aliphatic rings. The van der Waals surface area contributed by atoms with E-state index in [1.54, 1.807) is 0 Å². The van der Waals surface area contributed by atoms with Crippen molar-refractivity contribution in [3.8, 4) is 0 Å².